The molecule has 1 rings (SSSR count). The summed E-state index contributed by atoms with van der Waals surface area (Å²) in [6, 6.07) is 0. The molecule has 1 aliphatic heterocycles. The van der Waals surface area contributed by atoms with Crippen molar-refractivity contribution in [1.82, 2.24) is 0 Å². The summed E-state index contributed by atoms with van der Waals surface area (Å²) in [5, 5.41) is 0. The van der Waals surface area contributed by atoms with Gasteiger partial charge in [-0.25, -0.2) is 4.79 Å². The number of ether oxygens (including phenoxy) is 2. The molecular weight excluding hydrogens is 108 g/mol. The Bertz CT molecular complexity index is 120. The highest BCUT2D eigenvalue weighted by Crippen LogP contribution is 2.10. The molecule has 0 aliphatic carbocycles. The van der Waals surface area contributed by atoms with Crippen LogP contribution in [0.5, 0.6) is 0 Å². The summed E-state index contributed by atoms with van der Waals surface area (Å²) in [5.41, 5.74) is 0. The Hall–Kier alpha value is -0.990. The van der Waals surface area contributed by atoms with Gasteiger partial charge in [0.1, 0.15) is 0 Å². The first-order chi connectivity index (χ1) is 3.83. The van der Waals surface area contributed by atoms with Crippen LogP contribution in [0.3, 0.4) is 0 Å². The molecule has 1 heterocycles. The van der Waals surface area contributed by atoms with Gasteiger partial charge in [-0.05, 0) is 13.0 Å². The first-order valence-electron chi connectivity index (χ1n) is 2.33. The number of hydrogen-bond acceptors (Lipinski definition) is 3. The Balaban J connectivity index is 2.25. The predicted octanol–water partition coefficient (Wildman–Crippen LogP) is 1.06. The first-order valence-corrected chi connectivity index (χ1v) is 2.33. The van der Waals surface area contributed by atoms with Crippen LogP contribution in [0.25, 0.3) is 0 Å². The molecule has 0 unspecified atom stereocenters. The molecule has 0 aromatic carbocycles. The van der Waals surface area contributed by atoms with Crippen molar-refractivity contribution in [3.8, 4) is 0 Å². The van der Waals surface area contributed by atoms with E-state index in [0.717, 1.165) is 0 Å². The standard InChI is InChI=1S/C5H6O3/c1-2-3-4-7-5(6)8-4/h2-4H,1H3/b3-2+. The monoisotopic (exact) mass is 114 g/mol. The summed E-state index contributed by atoms with van der Waals surface area (Å²) in [7, 11) is 0. The largest absolute Gasteiger partial charge is 0.515 e. The average Bonchev–Trinajstić information content (AvgIpc) is 1.64. The van der Waals surface area contributed by atoms with Gasteiger partial charge in [0.25, 0.3) is 6.29 Å². The summed E-state index contributed by atoms with van der Waals surface area (Å²) >= 11 is 0. The van der Waals surface area contributed by atoms with Crippen molar-refractivity contribution in [2.24, 2.45) is 0 Å². The van der Waals surface area contributed by atoms with Gasteiger partial charge >= 0.3 is 6.16 Å². The minimum atomic E-state index is -0.590. The molecule has 3 heteroatoms. The van der Waals surface area contributed by atoms with Crippen LogP contribution in [0.15, 0.2) is 12.2 Å². The molecule has 0 aromatic rings. The van der Waals surface area contributed by atoms with Crippen molar-refractivity contribution < 1.29 is 14.3 Å². The zero-order valence-electron chi connectivity index (χ0n) is 4.46. The first kappa shape index (κ1) is 5.15. The van der Waals surface area contributed by atoms with Crippen LogP contribution in [-0.2, 0) is 9.47 Å². The molecule has 0 atom stereocenters. The number of cyclic esters (lactones) is 2. The van der Waals surface area contributed by atoms with Gasteiger partial charge in [0.2, 0.25) is 0 Å². The van der Waals surface area contributed by atoms with Gasteiger partial charge in [0.15, 0.2) is 0 Å². The molecule has 1 saturated heterocycles. The topological polar surface area (TPSA) is 35.5 Å². The highest BCUT2D eigenvalue weighted by molar-refractivity contribution is 5.64. The quantitative estimate of drug-likeness (QED) is 0.377. The lowest BCUT2D eigenvalue weighted by atomic mass is 10.5. The Kier molecular flexibility index (Phi) is 1.20. The van der Waals surface area contributed by atoms with Crippen LogP contribution >= 0.6 is 0 Å². The van der Waals surface area contributed by atoms with Gasteiger partial charge in [0.05, 0.1) is 0 Å². The maximum atomic E-state index is 9.91. The number of carbonyl (C=O) groups excluding carboxylic acids is 1. The van der Waals surface area contributed by atoms with Crippen molar-refractivity contribution in [2.45, 2.75) is 13.2 Å². The highest BCUT2D eigenvalue weighted by Gasteiger charge is 2.26. The third-order valence-corrected chi connectivity index (χ3v) is 0.774. The van der Waals surface area contributed by atoms with E-state index in [-0.39, 0.29) is 0 Å². The second-order valence-electron chi connectivity index (χ2n) is 1.38. The smallest absolute Gasteiger partial charge is 0.390 e. The Morgan fingerprint density at radius 2 is 2.25 bits per heavy atom. The summed E-state index contributed by atoms with van der Waals surface area (Å²) in [6.07, 6.45) is 2.40. The summed E-state index contributed by atoms with van der Waals surface area (Å²) in [6.45, 7) is 1.83. The fourth-order valence-electron chi connectivity index (χ4n) is 0.434. The minimum absolute atomic E-state index is 0.424. The fraction of sp³-hybridized carbons (Fsp3) is 0.400. The van der Waals surface area contributed by atoms with Crippen LogP contribution in [0, 0.1) is 0 Å². The maximum Gasteiger partial charge on any atom is 0.515 e. The summed E-state index contributed by atoms with van der Waals surface area (Å²) < 4.78 is 8.86. The fourth-order valence-corrected chi connectivity index (χ4v) is 0.434. The Morgan fingerprint density at radius 1 is 1.62 bits per heavy atom. The molecule has 44 valence electrons. The minimum Gasteiger partial charge on any atom is -0.390 e. The van der Waals surface area contributed by atoms with Crippen LogP contribution in [0.4, 0.5) is 4.79 Å². The molecule has 0 bridgehead atoms. The molecule has 0 spiro atoms. The molecule has 1 fully saturated rings. The number of allylic oxidation sites excluding steroid dienone is 1. The zero-order valence-corrected chi connectivity index (χ0v) is 4.46. The highest BCUT2D eigenvalue weighted by atomic mass is 16.9. The van der Waals surface area contributed by atoms with Crippen LogP contribution in [0.1, 0.15) is 6.92 Å². The van der Waals surface area contributed by atoms with E-state index in [1.165, 1.54) is 0 Å². The number of carbonyl (C=O) groups is 1. The molecule has 1 aliphatic rings. The number of rotatable bonds is 1. The van der Waals surface area contributed by atoms with Gasteiger partial charge in [-0.3, -0.25) is 0 Å². The SMILES string of the molecule is C/C=C/C1OC(=O)O1. The van der Waals surface area contributed by atoms with Gasteiger partial charge < -0.3 is 9.47 Å². The molecule has 0 radical (unpaired) electrons. The van der Waals surface area contributed by atoms with Gasteiger partial charge in [-0.15, -0.1) is 0 Å². The van der Waals surface area contributed by atoms with E-state index in [2.05, 4.69) is 9.47 Å². The second kappa shape index (κ2) is 1.86. The van der Waals surface area contributed by atoms with Crippen molar-refractivity contribution in [2.75, 3.05) is 0 Å². The van der Waals surface area contributed by atoms with Crippen molar-refractivity contribution in [1.29, 1.82) is 0 Å². The normalized spacial score (nSPS) is 19.9. The van der Waals surface area contributed by atoms with E-state index in [0.29, 0.717) is 0 Å². The van der Waals surface area contributed by atoms with Gasteiger partial charge in [-0.1, -0.05) is 6.08 Å². The molecule has 0 N–H and O–H groups in total. The molecule has 3 nitrogen and oxygen atoms in total. The van der Waals surface area contributed by atoms with Gasteiger partial charge in [0, 0.05) is 0 Å². The zero-order chi connectivity index (χ0) is 5.98. The Morgan fingerprint density at radius 3 is 2.62 bits per heavy atom. The van der Waals surface area contributed by atoms with E-state index in [1.807, 2.05) is 6.92 Å². The van der Waals surface area contributed by atoms with E-state index in [1.54, 1.807) is 12.2 Å². The van der Waals surface area contributed by atoms with Crippen molar-refractivity contribution in [3.05, 3.63) is 12.2 Å². The van der Waals surface area contributed by atoms with Crippen LogP contribution in [0.2, 0.25) is 0 Å². The third kappa shape index (κ3) is 0.804. The van der Waals surface area contributed by atoms with Crippen LogP contribution < -0.4 is 0 Å². The summed E-state index contributed by atoms with van der Waals surface area (Å²) in [4.78, 5) is 9.91. The van der Waals surface area contributed by atoms with Crippen LogP contribution in [-0.4, -0.2) is 12.4 Å². The lowest BCUT2D eigenvalue weighted by Gasteiger charge is -2.21. The third-order valence-electron chi connectivity index (χ3n) is 0.774. The molecule has 0 amide bonds. The lowest BCUT2D eigenvalue weighted by Crippen LogP contribution is -2.33. The summed E-state index contributed by atoms with van der Waals surface area (Å²) in [5.74, 6) is 0. The van der Waals surface area contributed by atoms with Crippen molar-refractivity contribution >= 4 is 6.16 Å². The second-order valence-corrected chi connectivity index (χ2v) is 1.38. The van der Waals surface area contributed by atoms with Gasteiger partial charge in [-0.2, -0.15) is 0 Å². The van der Waals surface area contributed by atoms with E-state index < -0.39 is 12.4 Å². The lowest BCUT2D eigenvalue weighted by molar-refractivity contribution is -0.154. The van der Waals surface area contributed by atoms with E-state index in [9.17, 15) is 4.79 Å². The van der Waals surface area contributed by atoms with E-state index >= 15 is 0 Å². The van der Waals surface area contributed by atoms with E-state index in [4.69, 9.17) is 0 Å². The Labute approximate surface area is 46.9 Å². The maximum absolute atomic E-state index is 9.91. The molecule has 0 saturated carbocycles. The number of hydrogen-bond donors (Lipinski definition) is 0. The van der Waals surface area contributed by atoms with Crippen molar-refractivity contribution in [3.63, 3.8) is 0 Å². The molecular formula is C5H6O3. The average molecular weight is 114 g/mol. The molecule has 8 heavy (non-hydrogen) atoms. The molecule has 0 aromatic heterocycles. The predicted molar refractivity (Wildman–Crippen MR) is 26.2 cm³/mol.